The lowest BCUT2D eigenvalue weighted by atomic mass is 10.0. The molecule has 1 aliphatic heterocycles. The van der Waals surface area contributed by atoms with Gasteiger partial charge in [0.15, 0.2) is 5.76 Å². The molecule has 4 rings (SSSR count). The van der Waals surface area contributed by atoms with Gasteiger partial charge in [0.25, 0.3) is 0 Å². The summed E-state index contributed by atoms with van der Waals surface area (Å²) in [6.07, 6.45) is 3.53. The number of amides is 1. The Morgan fingerprint density at radius 1 is 1.27 bits per heavy atom. The number of para-hydroxylation sites is 1. The Hall–Kier alpha value is -2.74. The maximum atomic E-state index is 13.0. The smallest absolute Gasteiger partial charge is 0.240 e. The lowest BCUT2D eigenvalue weighted by Gasteiger charge is -2.31. The van der Waals surface area contributed by atoms with Gasteiger partial charge in [-0.05, 0) is 43.5 Å². The van der Waals surface area contributed by atoms with Gasteiger partial charge < -0.3 is 15.2 Å². The molecule has 3 aromatic rings. The van der Waals surface area contributed by atoms with Crippen LogP contribution in [0.15, 0.2) is 52.2 Å². The number of nitrogens with two attached hydrogens (primary N) is 1. The molecule has 2 aromatic heterocycles. The van der Waals surface area contributed by atoms with Gasteiger partial charge in [-0.25, -0.2) is 4.68 Å². The van der Waals surface area contributed by atoms with Crippen LogP contribution in [0.3, 0.4) is 0 Å². The lowest BCUT2D eigenvalue weighted by Crippen LogP contribution is -2.40. The lowest BCUT2D eigenvalue weighted by molar-refractivity contribution is -0.117. The van der Waals surface area contributed by atoms with Crippen LogP contribution in [0.5, 0.6) is 0 Å². The van der Waals surface area contributed by atoms with Crippen LogP contribution in [-0.4, -0.2) is 32.6 Å². The molecule has 1 atom stereocenters. The molecule has 0 bridgehead atoms. The van der Waals surface area contributed by atoms with E-state index < -0.39 is 0 Å². The molecular weight excluding hydrogens is 350 g/mol. The summed E-state index contributed by atoms with van der Waals surface area (Å²) in [5, 5.41) is 8.31. The van der Waals surface area contributed by atoms with E-state index in [0.29, 0.717) is 16.7 Å². The third-order valence-corrected chi connectivity index (χ3v) is 5.46. The Morgan fingerprint density at radius 3 is 2.92 bits per heavy atom. The predicted molar refractivity (Wildman–Crippen MR) is 100 cm³/mol. The minimum absolute atomic E-state index is 0.0460. The summed E-state index contributed by atoms with van der Waals surface area (Å²) in [6, 6.07) is 11.6. The van der Waals surface area contributed by atoms with Gasteiger partial charge in [0.05, 0.1) is 11.5 Å². The molecule has 134 valence electrons. The number of thioether (sulfide) groups is 1. The standard InChI is InChI=1S/C18H19N5O2S/c1-12(17(24)22-10-4-7-13-6-2-3-8-14(13)22)26-18-21-20-16(23(18)19)15-9-5-11-25-15/h2-3,5-6,8-9,11-12H,4,7,10,19H2,1H3. The molecule has 1 aliphatic rings. The van der Waals surface area contributed by atoms with Gasteiger partial charge in [-0.3, -0.25) is 4.79 Å². The highest BCUT2D eigenvalue weighted by atomic mass is 32.2. The molecule has 26 heavy (non-hydrogen) atoms. The second-order valence-electron chi connectivity index (χ2n) is 6.14. The number of nitrogens with zero attached hydrogens (tertiary/aromatic N) is 4. The van der Waals surface area contributed by atoms with Crippen molar-refractivity contribution in [1.82, 2.24) is 14.9 Å². The molecular formula is C18H19N5O2S. The average Bonchev–Trinajstić information content (AvgIpc) is 3.31. The molecule has 0 fully saturated rings. The van der Waals surface area contributed by atoms with Crippen molar-refractivity contribution >= 4 is 23.4 Å². The zero-order valence-corrected chi connectivity index (χ0v) is 15.1. The SMILES string of the molecule is CC(Sc1nnc(-c2ccco2)n1N)C(=O)N1CCCc2ccccc21. The van der Waals surface area contributed by atoms with Crippen molar-refractivity contribution in [1.29, 1.82) is 0 Å². The molecule has 1 amide bonds. The number of fused-ring (bicyclic) bond motifs is 1. The van der Waals surface area contributed by atoms with E-state index >= 15 is 0 Å². The van der Waals surface area contributed by atoms with E-state index in [4.69, 9.17) is 10.3 Å². The molecule has 0 saturated heterocycles. The molecule has 1 aromatic carbocycles. The number of hydrogen-bond donors (Lipinski definition) is 1. The van der Waals surface area contributed by atoms with Gasteiger partial charge in [0, 0.05) is 12.2 Å². The van der Waals surface area contributed by atoms with Crippen LogP contribution >= 0.6 is 11.8 Å². The normalized spacial score (nSPS) is 14.9. The number of nitrogen functional groups attached to an aromatic ring is 1. The second-order valence-corrected chi connectivity index (χ2v) is 7.44. The Kier molecular flexibility index (Phi) is 4.42. The van der Waals surface area contributed by atoms with E-state index in [2.05, 4.69) is 16.3 Å². The first kappa shape index (κ1) is 16.7. The molecule has 0 saturated carbocycles. The fourth-order valence-electron chi connectivity index (χ4n) is 3.12. The Labute approximate surface area is 155 Å². The van der Waals surface area contributed by atoms with Gasteiger partial charge >= 0.3 is 0 Å². The first-order chi connectivity index (χ1) is 12.6. The van der Waals surface area contributed by atoms with Gasteiger partial charge in [-0.2, -0.15) is 0 Å². The third kappa shape index (κ3) is 2.96. The minimum atomic E-state index is -0.336. The largest absolute Gasteiger partial charge is 0.461 e. The molecule has 7 nitrogen and oxygen atoms in total. The number of aryl methyl sites for hydroxylation is 1. The van der Waals surface area contributed by atoms with Crippen LogP contribution in [-0.2, 0) is 11.2 Å². The van der Waals surface area contributed by atoms with Crippen LogP contribution in [0.1, 0.15) is 18.9 Å². The Morgan fingerprint density at radius 2 is 2.12 bits per heavy atom. The van der Waals surface area contributed by atoms with E-state index in [1.807, 2.05) is 30.0 Å². The summed E-state index contributed by atoms with van der Waals surface area (Å²) in [6.45, 7) is 2.60. The van der Waals surface area contributed by atoms with Crippen LogP contribution in [0.4, 0.5) is 5.69 Å². The summed E-state index contributed by atoms with van der Waals surface area (Å²) in [4.78, 5) is 14.9. The number of carbonyl (C=O) groups excluding carboxylic acids is 1. The van der Waals surface area contributed by atoms with E-state index in [1.165, 1.54) is 22.0 Å². The molecule has 0 aliphatic carbocycles. The second kappa shape index (κ2) is 6.87. The first-order valence-corrected chi connectivity index (χ1v) is 9.33. The van der Waals surface area contributed by atoms with E-state index in [1.54, 1.807) is 18.4 Å². The Bertz CT molecular complexity index is 922. The fraction of sp³-hybridized carbons (Fsp3) is 0.278. The van der Waals surface area contributed by atoms with Crippen molar-refractivity contribution in [2.24, 2.45) is 0 Å². The molecule has 0 spiro atoms. The maximum Gasteiger partial charge on any atom is 0.240 e. The number of rotatable bonds is 4. The van der Waals surface area contributed by atoms with E-state index in [0.717, 1.165) is 25.1 Å². The Balaban J connectivity index is 1.53. The fourth-order valence-corrected chi connectivity index (χ4v) is 3.95. The molecule has 2 N–H and O–H groups in total. The zero-order chi connectivity index (χ0) is 18.1. The van der Waals surface area contributed by atoms with E-state index in [-0.39, 0.29) is 11.2 Å². The summed E-state index contributed by atoms with van der Waals surface area (Å²) in [7, 11) is 0. The van der Waals surface area contributed by atoms with Crippen molar-refractivity contribution < 1.29 is 9.21 Å². The van der Waals surface area contributed by atoms with Gasteiger partial charge in [0.2, 0.25) is 16.9 Å². The first-order valence-electron chi connectivity index (χ1n) is 8.45. The zero-order valence-electron chi connectivity index (χ0n) is 14.3. The van der Waals surface area contributed by atoms with Gasteiger partial charge in [-0.15, -0.1) is 10.2 Å². The van der Waals surface area contributed by atoms with Crippen LogP contribution in [0, 0.1) is 0 Å². The van der Waals surface area contributed by atoms with Crippen molar-refractivity contribution in [3.8, 4) is 11.6 Å². The van der Waals surface area contributed by atoms with Crippen molar-refractivity contribution in [3.63, 3.8) is 0 Å². The number of hydrogen-bond acceptors (Lipinski definition) is 6. The monoisotopic (exact) mass is 369 g/mol. The van der Waals surface area contributed by atoms with Crippen molar-refractivity contribution in [2.75, 3.05) is 17.3 Å². The molecule has 8 heteroatoms. The summed E-state index contributed by atoms with van der Waals surface area (Å²) in [5.74, 6) is 7.10. The predicted octanol–water partition coefficient (Wildman–Crippen LogP) is 2.71. The highest BCUT2D eigenvalue weighted by Gasteiger charge is 2.28. The third-order valence-electron chi connectivity index (χ3n) is 4.41. The average molecular weight is 369 g/mol. The topological polar surface area (TPSA) is 90.2 Å². The summed E-state index contributed by atoms with van der Waals surface area (Å²) >= 11 is 1.30. The van der Waals surface area contributed by atoms with Gasteiger partial charge in [0.1, 0.15) is 0 Å². The summed E-state index contributed by atoms with van der Waals surface area (Å²) < 4.78 is 6.67. The summed E-state index contributed by atoms with van der Waals surface area (Å²) in [5.41, 5.74) is 2.22. The van der Waals surface area contributed by atoms with Crippen LogP contribution in [0.2, 0.25) is 0 Å². The van der Waals surface area contributed by atoms with Crippen LogP contribution < -0.4 is 10.7 Å². The maximum absolute atomic E-state index is 13.0. The van der Waals surface area contributed by atoms with Gasteiger partial charge in [-0.1, -0.05) is 30.0 Å². The van der Waals surface area contributed by atoms with Crippen LogP contribution in [0.25, 0.3) is 11.6 Å². The quantitative estimate of drug-likeness (QED) is 0.562. The number of aromatic nitrogens is 3. The molecule has 3 heterocycles. The highest BCUT2D eigenvalue weighted by Crippen LogP contribution is 2.31. The highest BCUT2D eigenvalue weighted by molar-refractivity contribution is 8.00. The number of benzene rings is 1. The molecule has 0 radical (unpaired) electrons. The minimum Gasteiger partial charge on any atom is -0.461 e. The number of furan rings is 1. The van der Waals surface area contributed by atoms with Crippen molar-refractivity contribution in [2.45, 2.75) is 30.2 Å². The number of carbonyl (C=O) groups is 1. The molecule has 1 unspecified atom stereocenters. The van der Waals surface area contributed by atoms with Crippen molar-refractivity contribution in [3.05, 3.63) is 48.2 Å². The number of anilines is 1. The van der Waals surface area contributed by atoms with E-state index in [9.17, 15) is 4.79 Å².